The Morgan fingerprint density at radius 1 is 1.04 bits per heavy atom. The van der Waals surface area contributed by atoms with Crippen molar-refractivity contribution in [1.82, 2.24) is 5.32 Å². The van der Waals surface area contributed by atoms with Crippen LogP contribution in [0.1, 0.15) is 84.5 Å². The fourth-order valence-corrected chi connectivity index (χ4v) is 3.77. The largest absolute Gasteiger partial charge is 0.463 e. The third kappa shape index (κ3) is 10.6. The Hall–Kier alpha value is -1.24. The van der Waals surface area contributed by atoms with Gasteiger partial charge in [-0.05, 0) is 19.8 Å². The molecule has 0 spiro atoms. The highest BCUT2D eigenvalue weighted by Crippen LogP contribution is 2.17. The van der Waals surface area contributed by atoms with E-state index in [-0.39, 0.29) is 11.8 Å². The Kier molecular flexibility index (Phi) is 13.0. The highest BCUT2D eigenvalue weighted by Gasteiger charge is 2.33. The molecule has 1 heterocycles. The molecule has 1 aliphatic heterocycles. The van der Waals surface area contributed by atoms with Crippen LogP contribution in [0.5, 0.6) is 0 Å². The molecule has 27 heavy (non-hydrogen) atoms. The highest BCUT2D eigenvalue weighted by atomic mass is 32.2. The predicted octanol–water partition coefficient (Wildman–Crippen LogP) is 4.60. The monoisotopic (exact) mass is 401 g/mol. The lowest BCUT2D eigenvalue weighted by Gasteiger charge is -2.18. The molecule has 1 aliphatic rings. The van der Waals surface area contributed by atoms with Crippen LogP contribution in [0.4, 0.5) is 4.79 Å². The Bertz CT molecular complexity index is 458. The summed E-state index contributed by atoms with van der Waals surface area (Å²) in [5.41, 5.74) is 0. The van der Waals surface area contributed by atoms with E-state index in [0.717, 1.165) is 31.0 Å². The lowest BCUT2D eigenvalue weighted by Crippen LogP contribution is -2.40. The van der Waals surface area contributed by atoms with Crippen LogP contribution in [0.3, 0.4) is 0 Å². The van der Waals surface area contributed by atoms with Crippen molar-refractivity contribution < 1.29 is 23.9 Å². The molecule has 2 atom stereocenters. The van der Waals surface area contributed by atoms with Gasteiger partial charge in [0, 0.05) is 5.75 Å². The minimum absolute atomic E-state index is 0.237. The molecule has 0 aromatic heterocycles. The van der Waals surface area contributed by atoms with Crippen LogP contribution in [0.25, 0.3) is 0 Å². The van der Waals surface area contributed by atoms with Crippen molar-refractivity contribution in [3.8, 4) is 0 Å². The van der Waals surface area contributed by atoms with E-state index in [1.165, 1.54) is 44.9 Å². The minimum Gasteiger partial charge on any atom is -0.463 e. The summed E-state index contributed by atoms with van der Waals surface area (Å²) in [4.78, 5) is 35.4. The van der Waals surface area contributed by atoms with Crippen LogP contribution in [-0.2, 0) is 19.1 Å². The molecule has 1 amide bonds. The van der Waals surface area contributed by atoms with E-state index in [1.54, 1.807) is 6.92 Å². The van der Waals surface area contributed by atoms with Crippen LogP contribution < -0.4 is 5.32 Å². The second kappa shape index (κ2) is 14.8. The van der Waals surface area contributed by atoms with E-state index >= 15 is 0 Å². The van der Waals surface area contributed by atoms with Crippen molar-refractivity contribution >= 4 is 28.9 Å². The van der Waals surface area contributed by atoms with Crippen molar-refractivity contribution in [2.75, 3.05) is 12.4 Å². The fourth-order valence-electron chi connectivity index (χ4n) is 3.01. The highest BCUT2D eigenvalue weighted by molar-refractivity contribution is 8.14. The van der Waals surface area contributed by atoms with Crippen molar-refractivity contribution in [2.24, 2.45) is 0 Å². The summed E-state index contributed by atoms with van der Waals surface area (Å²) in [5.74, 6) is -0.719. The van der Waals surface area contributed by atoms with Gasteiger partial charge in [0.25, 0.3) is 5.24 Å². The molecule has 7 heteroatoms. The first-order valence-electron chi connectivity index (χ1n) is 10.4. The molecule has 1 N–H and O–H groups in total. The Morgan fingerprint density at radius 2 is 1.63 bits per heavy atom. The number of esters is 2. The third-order valence-electron chi connectivity index (χ3n) is 4.59. The molecular formula is C20H35NO5S. The van der Waals surface area contributed by atoms with Crippen LogP contribution in [-0.4, -0.2) is 41.7 Å². The van der Waals surface area contributed by atoms with Gasteiger partial charge in [0.1, 0.15) is 6.04 Å². The van der Waals surface area contributed by atoms with Crippen molar-refractivity contribution in [3.63, 3.8) is 0 Å². The average molecular weight is 402 g/mol. The maximum absolute atomic E-state index is 12.1. The number of unbranched alkanes of at least 4 members (excludes halogenated alkanes) is 9. The van der Waals surface area contributed by atoms with Gasteiger partial charge in [0.05, 0.1) is 6.61 Å². The Balaban J connectivity index is 2.22. The summed E-state index contributed by atoms with van der Waals surface area (Å²) in [7, 11) is 0. The number of ether oxygens (including phenoxy) is 2. The minimum atomic E-state index is -0.881. The molecule has 1 fully saturated rings. The molecule has 6 nitrogen and oxygen atoms in total. The molecule has 0 aliphatic carbocycles. The standard InChI is InChI=1S/C20H35NO5S/c1-3-5-6-7-8-9-10-11-12-13-14-17(19(23)25-4-2)26-18(22)16-15-27-20(24)21-16/h16-17H,3-15H2,1-2H3,(H,21,24). The SMILES string of the molecule is CCCCCCCCCCCCC(OC(=O)C1CSC(=O)N1)C(=O)OCC. The summed E-state index contributed by atoms with van der Waals surface area (Å²) in [5, 5.41) is 2.30. The lowest BCUT2D eigenvalue weighted by molar-refractivity contribution is -0.168. The van der Waals surface area contributed by atoms with Gasteiger partial charge in [-0.25, -0.2) is 9.59 Å². The first-order valence-corrected chi connectivity index (χ1v) is 11.4. The number of carbonyl (C=O) groups is 3. The maximum atomic E-state index is 12.1. The van der Waals surface area contributed by atoms with Gasteiger partial charge in [-0.2, -0.15) is 0 Å². The third-order valence-corrected chi connectivity index (χ3v) is 5.47. The molecule has 0 saturated carbocycles. The van der Waals surface area contributed by atoms with Crippen molar-refractivity contribution in [3.05, 3.63) is 0 Å². The molecule has 0 aromatic carbocycles. The summed E-state index contributed by atoms with van der Waals surface area (Å²) < 4.78 is 10.4. The van der Waals surface area contributed by atoms with Crippen molar-refractivity contribution in [1.29, 1.82) is 0 Å². The lowest BCUT2D eigenvalue weighted by atomic mass is 10.0. The van der Waals surface area contributed by atoms with Crippen LogP contribution >= 0.6 is 11.8 Å². The molecule has 0 aromatic rings. The van der Waals surface area contributed by atoms with Gasteiger partial charge in [-0.1, -0.05) is 76.5 Å². The van der Waals surface area contributed by atoms with E-state index in [0.29, 0.717) is 12.2 Å². The van der Waals surface area contributed by atoms with E-state index < -0.39 is 24.1 Å². The zero-order valence-corrected chi connectivity index (χ0v) is 17.6. The fraction of sp³-hybridized carbons (Fsp3) is 0.850. The van der Waals surface area contributed by atoms with E-state index in [4.69, 9.17) is 9.47 Å². The molecule has 2 unspecified atom stereocenters. The van der Waals surface area contributed by atoms with Crippen molar-refractivity contribution in [2.45, 2.75) is 96.6 Å². The summed E-state index contributed by atoms with van der Waals surface area (Å²) in [6, 6.07) is -0.674. The van der Waals surface area contributed by atoms with Gasteiger partial charge in [0.2, 0.25) is 0 Å². The first-order chi connectivity index (χ1) is 13.1. The molecule has 0 bridgehead atoms. The van der Waals surface area contributed by atoms with Crippen LogP contribution in [0, 0.1) is 0 Å². The van der Waals surface area contributed by atoms with Gasteiger partial charge in [-0.3, -0.25) is 4.79 Å². The van der Waals surface area contributed by atoms with Gasteiger partial charge in [0.15, 0.2) is 6.10 Å². The summed E-state index contributed by atoms with van der Waals surface area (Å²) in [6.45, 7) is 4.20. The van der Waals surface area contributed by atoms with Gasteiger partial charge < -0.3 is 14.8 Å². The second-order valence-corrected chi connectivity index (χ2v) is 7.94. The molecule has 0 radical (unpaired) electrons. The Morgan fingerprint density at radius 3 is 2.15 bits per heavy atom. The van der Waals surface area contributed by atoms with Gasteiger partial charge >= 0.3 is 11.9 Å². The Labute approximate surface area is 167 Å². The average Bonchev–Trinajstić information content (AvgIpc) is 3.09. The van der Waals surface area contributed by atoms with Gasteiger partial charge in [-0.15, -0.1) is 0 Å². The number of carbonyl (C=O) groups excluding carboxylic acids is 3. The zero-order chi connectivity index (χ0) is 19.9. The quantitative estimate of drug-likeness (QED) is 0.319. The number of hydrogen-bond donors (Lipinski definition) is 1. The second-order valence-electron chi connectivity index (χ2n) is 6.94. The topological polar surface area (TPSA) is 81.7 Å². The molecular weight excluding hydrogens is 366 g/mol. The maximum Gasteiger partial charge on any atom is 0.347 e. The molecule has 156 valence electrons. The number of nitrogens with one attached hydrogen (secondary N) is 1. The number of hydrogen-bond acceptors (Lipinski definition) is 6. The zero-order valence-electron chi connectivity index (χ0n) is 16.8. The van der Waals surface area contributed by atoms with Crippen LogP contribution in [0.15, 0.2) is 0 Å². The molecule has 1 rings (SSSR count). The summed E-state index contributed by atoms with van der Waals surface area (Å²) >= 11 is 1.05. The first kappa shape index (κ1) is 23.8. The van der Waals surface area contributed by atoms with E-state index in [1.807, 2.05) is 0 Å². The number of thioether (sulfide) groups is 1. The van der Waals surface area contributed by atoms with Crippen LogP contribution in [0.2, 0.25) is 0 Å². The number of amides is 1. The summed E-state index contributed by atoms with van der Waals surface area (Å²) in [6.07, 6.45) is 11.6. The predicted molar refractivity (Wildman–Crippen MR) is 108 cm³/mol. The number of rotatable bonds is 15. The molecule has 1 saturated heterocycles. The van der Waals surface area contributed by atoms with E-state index in [9.17, 15) is 14.4 Å². The smallest absolute Gasteiger partial charge is 0.347 e. The van der Waals surface area contributed by atoms with E-state index in [2.05, 4.69) is 12.2 Å². The normalized spacial score (nSPS) is 17.4.